The van der Waals surface area contributed by atoms with E-state index in [0.29, 0.717) is 19.7 Å². The fourth-order valence-electron chi connectivity index (χ4n) is 2.44. The van der Waals surface area contributed by atoms with Crippen LogP contribution in [0.2, 0.25) is 18.1 Å². The van der Waals surface area contributed by atoms with Crippen LogP contribution in [0.5, 0.6) is 0 Å². The topological polar surface area (TPSA) is 64.8 Å². The molecule has 0 aliphatic carbocycles. The molecule has 0 spiro atoms. The van der Waals surface area contributed by atoms with Crippen molar-refractivity contribution in [2.45, 2.75) is 90.1 Å². The van der Waals surface area contributed by atoms with Crippen molar-refractivity contribution in [3.05, 3.63) is 0 Å². The first-order valence-corrected chi connectivity index (χ1v) is 12.0. The van der Waals surface area contributed by atoms with Crippen molar-refractivity contribution in [2.24, 2.45) is 5.73 Å². The zero-order valence-corrected chi connectivity index (χ0v) is 18.0. The number of hydrogen-bond donors (Lipinski definition) is 1. The summed E-state index contributed by atoms with van der Waals surface area (Å²) in [6.45, 7) is 19.0. The van der Waals surface area contributed by atoms with Gasteiger partial charge < -0.3 is 19.8 Å². The molecule has 24 heavy (non-hydrogen) atoms. The van der Waals surface area contributed by atoms with Crippen LogP contribution in [-0.2, 0) is 9.16 Å². The highest BCUT2D eigenvalue weighted by atomic mass is 28.4. The molecule has 0 saturated carbocycles. The summed E-state index contributed by atoms with van der Waals surface area (Å²) >= 11 is 0. The Hall–Kier alpha value is -0.593. The van der Waals surface area contributed by atoms with Crippen LogP contribution in [0.25, 0.3) is 0 Å². The SMILES string of the molecule is CC(C)(C)OC(=O)N1CCC(N)(CCO[Si](C)(C)C(C)(C)C)CC1. The van der Waals surface area contributed by atoms with Gasteiger partial charge in [0.2, 0.25) is 0 Å². The van der Waals surface area contributed by atoms with E-state index in [1.54, 1.807) is 4.90 Å². The van der Waals surface area contributed by atoms with Crippen LogP contribution in [0.4, 0.5) is 4.79 Å². The summed E-state index contributed by atoms with van der Waals surface area (Å²) in [6, 6.07) is 0. The van der Waals surface area contributed by atoms with E-state index in [-0.39, 0.29) is 16.7 Å². The van der Waals surface area contributed by atoms with Crippen LogP contribution < -0.4 is 5.73 Å². The number of hydrogen-bond acceptors (Lipinski definition) is 4. The number of amides is 1. The second-order valence-corrected chi connectivity index (χ2v) is 14.5. The highest BCUT2D eigenvalue weighted by Crippen LogP contribution is 2.37. The monoisotopic (exact) mass is 358 g/mol. The first kappa shape index (κ1) is 21.4. The number of rotatable bonds is 4. The minimum absolute atomic E-state index is 0.217. The van der Waals surface area contributed by atoms with Crippen molar-refractivity contribution in [1.29, 1.82) is 0 Å². The van der Waals surface area contributed by atoms with Gasteiger partial charge in [0.1, 0.15) is 5.60 Å². The number of carbonyl (C=O) groups excluding carboxylic acids is 1. The minimum atomic E-state index is -1.72. The smallest absolute Gasteiger partial charge is 0.410 e. The van der Waals surface area contributed by atoms with Crippen molar-refractivity contribution in [2.75, 3.05) is 19.7 Å². The summed E-state index contributed by atoms with van der Waals surface area (Å²) in [5, 5.41) is 0.217. The molecule has 0 atom stereocenters. The van der Waals surface area contributed by atoms with Gasteiger partial charge in [0.15, 0.2) is 8.32 Å². The molecular weight excluding hydrogens is 320 g/mol. The van der Waals surface area contributed by atoms with E-state index in [1.807, 2.05) is 20.8 Å². The number of ether oxygens (including phenoxy) is 1. The van der Waals surface area contributed by atoms with Crippen molar-refractivity contribution in [3.63, 3.8) is 0 Å². The molecule has 6 heteroatoms. The van der Waals surface area contributed by atoms with Crippen molar-refractivity contribution < 1.29 is 14.0 Å². The molecule has 0 radical (unpaired) electrons. The Kier molecular flexibility index (Phi) is 6.56. The third-order valence-electron chi connectivity index (χ3n) is 5.28. The zero-order valence-electron chi connectivity index (χ0n) is 17.0. The molecule has 2 N–H and O–H groups in total. The van der Waals surface area contributed by atoms with Gasteiger partial charge in [-0.1, -0.05) is 20.8 Å². The minimum Gasteiger partial charge on any atom is -0.444 e. The number of carbonyl (C=O) groups is 1. The molecule has 0 bridgehead atoms. The predicted molar refractivity (Wildman–Crippen MR) is 102 cm³/mol. The average molecular weight is 359 g/mol. The maximum Gasteiger partial charge on any atom is 0.410 e. The molecule has 142 valence electrons. The summed E-state index contributed by atoms with van der Waals surface area (Å²) in [5.41, 5.74) is 5.86. The Balaban J connectivity index is 2.44. The number of nitrogens with two attached hydrogens (primary N) is 1. The third kappa shape index (κ3) is 6.37. The second-order valence-electron chi connectivity index (χ2n) is 9.69. The largest absolute Gasteiger partial charge is 0.444 e. The van der Waals surface area contributed by atoms with Crippen LogP contribution in [0.15, 0.2) is 0 Å². The van der Waals surface area contributed by atoms with Crippen LogP contribution in [-0.4, -0.2) is 50.1 Å². The molecule has 0 aromatic carbocycles. The van der Waals surface area contributed by atoms with Gasteiger partial charge in [-0.15, -0.1) is 0 Å². The summed E-state index contributed by atoms with van der Waals surface area (Å²) in [6.07, 6.45) is 2.21. The van der Waals surface area contributed by atoms with Gasteiger partial charge in [0, 0.05) is 25.2 Å². The zero-order chi connectivity index (χ0) is 18.8. The van der Waals surface area contributed by atoms with Gasteiger partial charge in [0.05, 0.1) is 0 Å². The highest BCUT2D eigenvalue weighted by molar-refractivity contribution is 6.74. The Morgan fingerprint density at radius 2 is 1.62 bits per heavy atom. The third-order valence-corrected chi connectivity index (χ3v) is 9.82. The molecule has 1 aliphatic rings. The number of nitrogens with zero attached hydrogens (tertiary/aromatic N) is 1. The van der Waals surface area contributed by atoms with Crippen LogP contribution in [0.1, 0.15) is 60.8 Å². The normalized spacial score (nSPS) is 19.3. The summed E-state index contributed by atoms with van der Waals surface area (Å²) in [5.74, 6) is 0. The molecule has 0 aromatic heterocycles. The second kappa shape index (κ2) is 7.34. The number of piperidine rings is 1. The molecule has 5 nitrogen and oxygen atoms in total. The molecule has 1 rings (SSSR count). The first-order chi connectivity index (χ1) is 10.7. The van der Waals surface area contributed by atoms with E-state index < -0.39 is 13.9 Å². The summed E-state index contributed by atoms with van der Waals surface area (Å²) in [4.78, 5) is 13.9. The summed E-state index contributed by atoms with van der Waals surface area (Å²) < 4.78 is 11.7. The maximum atomic E-state index is 12.1. The lowest BCUT2D eigenvalue weighted by molar-refractivity contribution is 0.0158. The van der Waals surface area contributed by atoms with Gasteiger partial charge in [0.25, 0.3) is 0 Å². The van der Waals surface area contributed by atoms with Crippen molar-refractivity contribution in [1.82, 2.24) is 4.90 Å². The molecule has 1 aliphatic heterocycles. The van der Waals surface area contributed by atoms with E-state index in [4.69, 9.17) is 14.9 Å². The molecule has 0 unspecified atom stereocenters. The Bertz CT molecular complexity index is 431. The highest BCUT2D eigenvalue weighted by Gasteiger charge is 2.38. The van der Waals surface area contributed by atoms with E-state index in [0.717, 1.165) is 19.3 Å². The lowest BCUT2D eigenvalue weighted by Crippen LogP contribution is -2.53. The standard InChI is InChI=1S/C18H38N2O3Si/c1-16(2,3)23-15(21)20-12-9-18(19,10-13-20)11-14-22-24(7,8)17(4,5)6/h9-14,19H2,1-8H3. The van der Waals surface area contributed by atoms with Crippen LogP contribution in [0.3, 0.4) is 0 Å². The maximum absolute atomic E-state index is 12.1. The molecule has 1 amide bonds. The van der Waals surface area contributed by atoms with Crippen LogP contribution >= 0.6 is 0 Å². The van der Waals surface area contributed by atoms with Gasteiger partial charge >= 0.3 is 6.09 Å². The lowest BCUT2D eigenvalue weighted by Gasteiger charge is -2.41. The van der Waals surface area contributed by atoms with E-state index >= 15 is 0 Å². The molecular formula is C18H38N2O3Si. The average Bonchev–Trinajstić information content (AvgIpc) is 2.35. The van der Waals surface area contributed by atoms with Gasteiger partial charge in [-0.25, -0.2) is 4.79 Å². The van der Waals surface area contributed by atoms with E-state index in [1.165, 1.54) is 0 Å². The van der Waals surface area contributed by atoms with E-state index in [9.17, 15) is 4.79 Å². The first-order valence-electron chi connectivity index (χ1n) is 9.06. The quantitative estimate of drug-likeness (QED) is 0.768. The van der Waals surface area contributed by atoms with Gasteiger partial charge in [-0.2, -0.15) is 0 Å². The van der Waals surface area contributed by atoms with Crippen LogP contribution in [0, 0.1) is 0 Å². The van der Waals surface area contributed by atoms with E-state index in [2.05, 4.69) is 33.9 Å². The molecule has 1 heterocycles. The Labute approximate surface area is 149 Å². The lowest BCUT2D eigenvalue weighted by atomic mass is 9.86. The summed E-state index contributed by atoms with van der Waals surface area (Å²) in [7, 11) is -1.72. The Morgan fingerprint density at radius 3 is 2.04 bits per heavy atom. The number of likely N-dealkylation sites (tertiary alicyclic amines) is 1. The van der Waals surface area contributed by atoms with Crippen molar-refractivity contribution in [3.8, 4) is 0 Å². The Morgan fingerprint density at radius 1 is 1.12 bits per heavy atom. The van der Waals surface area contributed by atoms with Gasteiger partial charge in [-0.3, -0.25) is 0 Å². The predicted octanol–water partition coefficient (Wildman–Crippen LogP) is 4.13. The molecule has 0 aromatic rings. The fraction of sp³-hybridized carbons (Fsp3) is 0.944. The fourth-order valence-corrected chi connectivity index (χ4v) is 3.48. The van der Waals surface area contributed by atoms with Gasteiger partial charge in [-0.05, 0) is 58.2 Å². The molecule has 1 saturated heterocycles. The molecule has 1 fully saturated rings. The van der Waals surface area contributed by atoms with Crippen molar-refractivity contribution >= 4 is 14.4 Å².